The highest BCUT2D eigenvalue weighted by molar-refractivity contribution is 7.87. The molecule has 0 rings (SSSR count). The summed E-state index contributed by atoms with van der Waals surface area (Å²) in [5, 5.41) is 8.49. The summed E-state index contributed by atoms with van der Waals surface area (Å²) in [5.41, 5.74) is 0. The Balaban J connectivity index is 3.81. The predicted octanol–water partition coefficient (Wildman–Crippen LogP) is 0.433. The highest BCUT2D eigenvalue weighted by Gasteiger charge is 2.17. The van der Waals surface area contributed by atoms with Crippen molar-refractivity contribution in [2.24, 2.45) is 0 Å². The van der Waals surface area contributed by atoms with Crippen LogP contribution in [0.1, 0.15) is 33.1 Å². The third-order valence-corrected chi connectivity index (χ3v) is 3.93. The van der Waals surface area contributed by atoms with Gasteiger partial charge in [0, 0.05) is 26.7 Å². The third-order valence-electron chi connectivity index (χ3n) is 2.36. The van der Waals surface area contributed by atoms with E-state index in [-0.39, 0.29) is 19.1 Å². The average molecular weight is 296 g/mol. The van der Waals surface area contributed by atoms with Gasteiger partial charge in [0.25, 0.3) is 10.2 Å². The molecular weight excluding hydrogens is 272 g/mol. The molecular formula is C11H24N2O5S. The fraction of sp³-hybridized carbons (Fsp3) is 0.909. The molecule has 0 heterocycles. The van der Waals surface area contributed by atoms with Crippen molar-refractivity contribution in [2.45, 2.75) is 39.2 Å². The number of carboxylic acids is 1. The second-order valence-electron chi connectivity index (χ2n) is 4.49. The standard InChI is InChI=1S/C11H24N2O5S/c1-10(2)18-9-5-4-7-12-19(16,17)13(3)8-6-11(14)15/h10,12H,4-9H2,1-3H3,(H,14,15). The van der Waals surface area contributed by atoms with Gasteiger partial charge in [-0.25, -0.2) is 4.72 Å². The molecule has 0 amide bonds. The normalized spacial score (nSPS) is 12.3. The van der Waals surface area contributed by atoms with Gasteiger partial charge >= 0.3 is 5.97 Å². The number of carbonyl (C=O) groups is 1. The second kappa shape index (κ2) is 9.24. The lowest BCUT2D eigenvalue weighted by Gasteiger charge is -2.16. The fourth-order valence-electron chi connectivity index (χ4n) is 1.23. The van der Waals surface area contributed by atoms with Crippen LogP contribution in [0, 0.1) is 0 Å². The van der Waals surface area contributed by atoms with E-state index in [1.54, 1.807) is 0 Å². The van der Waals surface area contributed by atoms with Gasteiger partial charge in [-0.1, -0.05) is 0 Å². The molecule has 2 N–H and O–H groups in total. The number of hydrogen-bond acceptors (Lipinski definition) is 4. The molecule has 0 spiro atoms. The molecule has 0 unspecified atom stereocenters. The van der Waals surface area contributed by atoms with Gasteiger partial charge < -0.3 is 9.84 Å². The van der Waals surface area contributed by atoms with Crippen LogP contribution in [0.25, 0.3) is 0 Å². The van der Waals surface area contributed by atoms with Crippen LogP contribution in [0.5, 0.6) is 0 Å². The lowest BCUT2D eigenvalue weighted by atomic mass is 10.3. The van der Waals surface area contributed by atoms with Crippen LogP contribution in [0.3, 0.4) is 0 Å². The van der Waals surface area contributed by atoms with Gasteiger partial charge in [-0.05, 0) is 26.7 Å². The van der Waals surface area contributed by atoms with Gasteiger partial charge in [-0.3, -0.25) is 4.79 Å². The van der Waals surface area contributed by atoms with Crippen molar-refractivity contribution >= 4 is 16.2 Å². The fourth-order valence-corrected chi connectivity index (χ4v) is 2.19. The van der Waals surface area contributed by atoms with E-state index in [2.05, 4.69) is 4.72 Å². The zero-order chi connectivity index (χ0) is 14.9. The molecule has 0 aromatic heterocycles. The van der Waals surface area contributed by atoms with Crippen LogP contribution in [-0.2, 0) is 19.7 Å². The Kier molecular flexibility index (Phi) is 8.90. The van der Waals surface area contributed by atoms with Crippen molar-refractivity contribution in [1.29, 1.82) is 0 Å². The first-order valence-electron chi connectivity index (χ1n) is 6.30. The molecule has 0 aliphatic rings. The lowest BCUT2D eigenvalue weighted by molar-refractivity contribution is -0.137. The molecule has 0 saturated heterocycles. The number of ether oxygens (including phenoxy) is 1. The van der Waals surface area contributed by atoms with E-state index in [1.165, 1.54) is 7.05 Å². The summed E-state index contributed by atoms with van der Waals surface area (Å²) < 4.78 is 32.1. The van der Waals surface area contributed by atoms with Crippen LogP contribution in [-0.4, -0.2) is 56.6 Å². The van der Waals surface area contributed by atoms with E-state index in [9.17, 15) is 13.2 Å². The number of hydrogen-bond donors (Lipinski definition) is 2. The Morgan fingerprint density at radius 3 is 2.53 bits per heavy atom. The van der Waals surface area contributed by atoms with E-state index in [4.69, 9.17) is 9.84 Å². The first-order chi connectivity index (χ1) is 8.75. The molecule has 19 heavy (non-hydrogen) atoms. The van der Waals surface area contributed by atoms with Crippen LogP contribution in [0.15, 0.2) is 0 Å². The zero-order valence-electron chi connectivity index (χ0n) is 11.8. The van der Waals surface area contributed by atoms with E-state index >= 15 is 0 Å². The summed E-state index contributed by atoms with van der Waals surface area (Å²) in [7, 11) is -2.23. The summed E-state index contributed by atoms with van der Waals surface area (Å²) in [4.78, 5) is 10.4. The molecule has 0 radical (unpaired) electrons. The van der Waals surface area contributed by atoms with Gasteiger partial charge in [0.1, 0.15) is 0 Å². The minimum absolute atomic E-state index is 0.0405. The monoisotopic (exact) mass is 296 g/mol. The number of rotatable bonds is 11. The summed E-state index contributed by atoms with van der Waals surface area (Å²) in [6.07, 6.45) is 1.43. The smallest absolute Gasteiger partial charge is 0.304 e. The van der Waals surface area contributed by atoms with Crippen LogP contribution in [0.4, 0.5) is 0 Å². The number of unbranched alkanes of at least 4 members (excludes halogenated alkanes) is 1. The van der Waals surface area contributed by atoms with E-state index in [0.29, 0.717) is 19.6 Å². The molecule has 0 atom stereocenters. The molecule has 7 nitrogen and oxygen atoms in total. The molecule has 0 aromatic carbocycles. The van der Waals surface area contributed by atoms with E-state index in [0.717, 1.165) is 10.7 Å². The van der Waals surface area contributed by atoms with Gasteiger partial charge in [0.15, 0.2) is 0 Å². The first-order valence-corrected chi connectivity index (χ1v) is 7.74. The minimum Gasteiger partial charge on any atom is -0.481 e. The van der Waals surface area contributed by atoms with Crippen LogP contribution in [0.2, 0.25) is 0 Å². The lowest BCUT2D eigenvalue weighted by Crippen LogP contribution is -2.39. The third kappa shape index (κ3) is 9.83. The van der Waals surface area contributed by atoms with Crippen molar-refractivity contribution in [3.8, 4) is 0 Å². The Morgan fingerprint density at radius 2 is 2.00 bits per heavy atom. The molecule has 0 aromatic rings. The maximum Gasteiger partial charge on any atom is 0.304 e. The van der Waals surface area contributed by atoms with E-state index in [1.807, 2.05) is 13.8 Å². The maximum atomic E-state index is 11.7. The molecule has 114 valence electrons. The van der Waals surface area contributed by atoms with Crippen molar-refractivity contribution in [1.82, 2.24) is 9.03 Å². The highest BCUT2D eigenvalue weighted by atomic mass is 32.2. The second-order valence-corrected chi connectivity index (χ2v) is 6.35. The van der Waals surface area contributed by atoms with Gasteiger partial charge in [0.2, 0.25) is 0 Å². The van der Waals surface area contributed by atoms with Crippen LogP contribution < -0.4 is 4.72 Å². The molecule has 0 bridgehead atoms. The summed E-state index contributed by atoms with van der Waals surface area (Å²) >= 11 is 0. The van der Waals surface area contributed by atoms with Crippen molar-refractivity contribution in [3.05, 3.63) is 0 Å². The highest BCUT2D eigenvalue weighted by Crippen LogP contribution is 1.98. The summed E-state index contributed by atoms with van der Waals surface area (Å²) in [6.45, 7) is 4.77. The SMILES string of the molecule is CC(C)OCCCCNS(=O)(=O)N(C)CCC(=O)O. The first kappa shape index (κ1) is 18.3. The average Bonchev–Trinajstić information content (AvgIpc) is 2.29. The molecule has 8 heteroatoms. The number of nitrogens with zero attached hydrogens (tertiary/aromatic N) is 1. The van der Waals surface area contributed by atoms with Crippen molar-refractivity contribution < 1.29 is 23.1 Å². The van der Waals surface area contributed by atoms with Crippen molar-refractivity contribution in [3.63, 3.8) is 0 Å². The van der Waals surface area contributed by atoms with E-state index < -0.39 is 16.2 Å². The van der Waals surface area contributed by atoms with Gasteiger partial charge in [-0.2, -0.15) is 12.7 Å². The molecule has 0 aliphatic heterocycles. The summed E-state index contributed by atoms with van der Waals surface area (Å²) in [5.74, 6) is -1.02. The predicted molar refractivity (Wildman–Crippen MR) is 72.1 cm³/mol. The van der Waals surface area contributed by atoms with Gasteiger partial charge in [0.05, 0.1) is 12.5 Å². The minimum atomic E-state index is -3.58. The topological polar surface area (TPSA) is 95.9 Å². The Bertz CT molecular complexity index is 356. The molecule has 0 fully saturated rings. The zero-order valence-corrected chi connectivity index (χ0v) is 12.6. The largest absolute Gasteiger partial charge is 0.481 e. The molecule has 0 aliphatic carbocycles. The Morgan fingerprint density at radius 1 is 1.37 bits per heavy atom. The summed E-state index contributed by atoms with van der Waals surface area (Å²) in [6, 6.07) is 0. The van der Waals surface area contributed by atoms with Gasteiger partial charge in [-0.15, -0.1) is 0 Å². The number of aliphatic carboxylic acids is 1. The Labute approximate surface area is 115 Å². The molecule has 0 saturated carbocycles. The van der Waals surface area contributed by atoms with Crippen molar-refractivity contribution in [2.75, 3.05) is 26.7 Å². The number of nitrogens with one attached hydrogen (secondary N) is 1. The maximum absolute atomic E-state index is 11.7. The Hall–Kier alpha value is -0.700. The number of carboxylic acid groups (broad SMARTS) is 1. The van der Waals surface area contributed by atoms with Crippen LogP contribution >= 0.6 is 0 Å². The quantitative estimate of drug-likeness (QED) is 0.539.